The largest absolute Gasteiger partial charge is 0.424 e. The lowest BCUT2D eigenvalue weighted by Gasteiger charge is -2.43. The summed E-state index contributed by atoms with van der Waals surface area (Å²) in [6, 6.07) is 20.9. The first kappa shape index (κ1) is 31.5. The molecule has 3 heteroatoms. The van der Waals surface area contributed by atoms with Gasteiger partial charge in [0.15, 0.2) is 0 Å². The molecular formula is C34H54O2Si. The van der Waals surface area contributed by atoms with E-state index in [0.717, 1.165) is 36.1 Å². The van der Waals surface area contributed by atoms with Gasteiger partial charge in [0.2, 0.25) is 0 Å². The molecule has 0 unspecified atom stereocenters. The van der Waals surface area contributed by atoms with Crippen LogP contribution in [0.3, 0.4) is 0 Å². The SMILES string of the molecule is CCCCCC[C@H](C/C=C\CCCCCCCCO)CC(C)(C)[Si](O)(c1ccccc1)c1ccccc1. The summed E-state index contributed by atoms with van der Waals surface area (Å²) in [6.45, 7) is 7.24. The van der Waals surface area contributed by atoms with Crippen molar-refractivity contribution in [1.29, 1.82) is 0 Å². The van der Waals surface area contributed by atoms with Gasteiger partial charge < -0.3 is 9.90 Å². The summed E-state index contributed by atoms with van der Waals surface area (Å²) >= 11 is 0. The maximum atomic E-state index is 12.6. The van der Waals surface area contributed by atoms with Gasteiger partial charge in [0.05, 0.1) is 0 Å². The number of aliphatic hydroxyl groups is 1. The minimum absolute atomic E-state index is 0.187. The van der Waals surface area contributed by atoms with Gasteiger partial charge in [-0.2, -0.15) is 0 Å². The molecule has 0 amide bonds. The standard InChI is InChI=1S/C34H54O2Si/c1-4-5-6-16-23-31(24-17-12-10-8-7-9-11-13-22-29-35)30-34(2,3)37(36,32-25-18-14-19-26-32)33-27-20-15-21-28-33/h12,14-15,17-21,25-28,31,35-36H,4-11,13,16,22-24,29-30H2,1-3H3/b17-12-/t31-/m1/s1. The zero-order valence-corrected chi connectivity index (χ0v) is 25.0. The van der Waals surface area contributed by atoms with Crippen molar-refractivity contribution in [3.05, 3.63) is 72.8 Å². The van der Waals surface area contributed by atoms with Gasteiger partial charge >= 0.3 is 0 Å². The van der Waals surface area contributed by atoms with Crippen LogP contribution in [0.5, 0.6) is 0 Å². The molecule has 0 saturated heterocycles. The highest BCUT2D eigenvalue weighted by atomic mass is 28.4. The maximum Gasteiger partial charge on any atom is 0.258 e. The Balaban J connectivity index is 2.08. The molecule has 0 fully saturated rings. The predicted molar refractivity (Wildman–Crippen MR) is 164 cm³/mol. The maximum absolute atomic E-state index is 12.6. The number of benzene rings is 2. The van der Waals surface area contributed by atoms with E-state index >= 15 is 0 Å². The second-order valence-electron chi connectivity index (χ2n) is 11.6. The van der Waals surface area contributed by atoms with E-state index < -0.39 is 8.32 Å². The average Bonchev–Trinajstić information content (AvgIpc) is 2.92. The normalized spacial score (nSPS) is 13.3. The molecule has 0 heterocycles. The van der Waals surface area contributed by atoms with E-state index in [4.69, 9.17) is 5.11 Å². The molecule has 1 atom stereocenters. The fourth-order valence-electron chi connectivity index (χ4n) is 5.83. The van der Waals surface area contributed by atoms with Crippen molar-refractivity contribution in [1.82, 2.24) is 0 Å². The first-order valence-corrected chi connectivity index (χ1v) is 17.0. The summed E-state index contributed by atoms with van der Waals surface area (Å²) in [6.07, 6.45) is 21.8. The summed E-state index contributed by atoms with van der Waals surface area (Å²) in [4.78, 5) is 12.6. The molecule has 2 nitrogen and oxygen atoms in total. The van der Waals surface area contributed by atoms with Crippen LogP contribution in [0.2, 0.25) is 5.04 Å². The van der Waals surface area contributed by atoms with Crippen molar-refractivity contribution in [2.45, 2.75) is 116 Å². The summed E-state index contributed by atoms with van der Waals surface area (Å²) in [7, 11) is -2.97. The molecule has 37 heavy (non-hydrogen) atoms. The van der Waals surface area contributed by atoms with Gasteiger partial charge in [0, 0.05) is 6.61 Å². The fraction of sp³-hybridized carbons (Fsp3) is 0.588. The van der Waals surface area contributed by atoms with Gasteiger partial charge in [-0.15, -0.1) is 0 Å². The van der Waals surface area contributed by atoms with Crippen LogP contribution in [0.4, 0.5) is 0 Å². The van der Waals surface area contributed by atoms with Crippen molar-refractivity contribution >= 4 is 18.7 Å². The molecule has 0 spiro atoms. The molecule has 0 saturated carbocycles. The van der Waals surface area contributed by atoms with Crippen LogP contribution < -0.4 is 10.4 Å². The third kappa shape index (κ3) is 10.5. The predicted octanol–water partition coefficient (Wildman–Crippen LogP) is 8.16. The van der Waals surface area contributed by atoms with Gasteiger partial charge in [-0.05, 0) is 53.4 Å². The van der Waals surface area contributed by atoms with E-state index in [1.54, 1.807) is 0 Å². The summed E-state index contributed by atoms with van der Waals surface area (Å²) in [5, 5.41) is 10.9. The van der Waals surface area contributed by atoms with E-state index in [9.17, 15) is 4.80 Å². The second kappa shape index (κ2) is 17.8. The fourth-order valence-corrected chi connectivity index (χ4v) is 9.66. The van der Waals surface area contributed by atoms with Gasteiger partial charge in [-0.1, -0.05) is 151 Å². The van der Waals surface area contributed by atoms with Crippen LogP contribution in [0.25, 0.3) is 0 Å². The molecule has 0 aromatic heterocycles. The van der Waals surface area contributed by atoms with E-state index in [-0.39, 0.29) is 5.04 Å². The molecule has 2 N–H and O–H groups in total. The third-order valence-corrected chi connectivity index (χ3v) is 12.5. The quantitative estimate of drug-likeness (QED) is 0.105. The summed E-state index contributed by atoms with van der Waals surface area (Å²) < 4.78 is 0. The van der Waals surface area contributed by atoms with Gasteiger partial charge in [-0.25, -0.2) is 0 Å². The van der Waals surface area contributed by atoms with Crippen LogP contribution in [0.1, 0.15) is 111 Å². The monoisotopic (exact) mass is 522 g/mol. The Bertz CT molecular complexity index is 807. The molecule has 0 radical (unpaired) electrons. The Labute approximate surface area is 229 Å². The smallest absolute Gasteiger partial charge is 0.258 e. The zero-order valence-electron chi connectivity index (χ0n) is 24.0. The van der Waals surface area contributed by atoms with Gasteiger partial charge in [0.25, 0.3) is 8.32 Å². The summed E-state index contributed by atoms with van der Waals surface area (Å²) in [5.74, 6) is 0.591. The lowest BCUT2D eigenvalue weighted by molar-refractivity contribution is 0.282. The molecule has 0 bridgehead atoms. The molecule has 206 valence electrons. The van der Waals surface area contributed by atoms with E-state index in [0.29, 0.717) is 12.5 Å². The average molecular weight is 523 g/mol. The Morgan fingerprint density at radius 1 is 0.730 bits per heavy atom. The highest BCUT2D eigenvalue weighted by molar-refractivity contribution is 6.98. The van der Waals surface area contributed by atoms with Crippen LogP contribution in [-0.2, 0) is 0 Å². The molecule has 0 aliphatic carbocycles. The van der Waals surface area contributed by atoms with Crippen molar-refractivity contribution < 1.29 is 9.90 Å². The number of allylic oxidation sites excluding steroid dienone is 2. The second-order valence-corrected chi connectivity index (χ2v) is 15.5. The van der Waals surface area contributed by atoms with Crippen LogP contribution in [0, 0.1) is 5.92 Å². The minimum Gasteiger partial charge on any atom is -0.424 e. The topological polar surface area (TPSA) is 40.5 Å². The van der Waals surface area contributed by atoms with E-state index in [1.807, 2.05) is 12.1 Å². The van der Waals surface area contributed by atoms with E-state index in [1.165, 1.54) is 64.2 Å². The molecule has 2 aromatic rings. The Morgan fingerprint density at radius 3 is 1.84 bits per heavy atom. The highest BCUT2D eigenvalue weighted by Crippen LogP contribution is 2.43. The Kier molecular flexibility index (Phi) is 15.1. The molecule has 2 aromatic carbocycles. The first-order valence-electron chi connectivity index (χ1n) is 15.0. The number of hydrogen-bond donors (Lipinski definition) is 2. The Morgan fingerprint density at radius 2 is 1.27 bits per heavy atom. The molecule has 2 rings (SSSR count). The number of aliphatic hydroxyl groups excluding tert-OH is 1. The number of hydrogen-bond acceptors (Lipinski definition) is 2. The van der Waals surface area contributed by atoms with Crippen LogP contribution in [0.15, 0.2) is 72.8 Å². The van der Waals surface area contributed by atoms with Crippen LogP contribution >= 0.6 is 0 Å². The van der Waals surface area contributed by atoms with Crippen LogP contribution in [-0.4, -0.2) is 24.8 Å². The van der Waals surface area contributed by atoms with Gasteiger partial charge in [-0.3, -0.25) is 0 Å². The first-order chi connectivity index (χ1) is 18.0. The van der Waals surface area contributed by atoms with Crippen molar-refractivity contribution in [3.63, 3.8) is 0 Å². The molecule has 0 aliphatic heterocycles. The third-order valence-electron chi connectivity index (χ3n) is 8.04. The van der Waals surface area contributed by atoms with E-state index in [2.05, 4.69) is 81.5 Å². The zero-order chi connectivity index (χ0) is 26.8. The van der Waals surface area contributed by atoms with Crippen molar-refractivity contribution in [3.8, 4) is 0 Å². The Hall–Kier alpha value is -1.68. The number of unbranched alkanes of at least 4 members (excludes halogenated alkanes) is 9. The van der Waals surface area contributed by atoms with Gasteiger partial charge in [0.1, 0.15) is 0 Å². The minimum atomic E-state index is -2.97. The highest BCUT2D eigenvalue weighted by Gasteiger charge is 2.50. The van der Waals surface area contributed by atoms with Crippen molar-refractivity contribution in [2.24, 2.45) is 5.92 Å². The molecular weight excluding hydrogens is 468 g/mol. The molecule has 0 aliphatic rings. The van der Waals surface area contributed by atoms with Crippen molar-refractivity contribution in [2.75, 3.05) is 6.61 Å². The summed E-state index contributed by atoms with van der Waals surface area (Å²) in [5.41, 5.74) is 0. The lowest BCUT2D eigenvalue weighted by Crippen LogP contribution is -2.65. The number of rotatable bonds is 20. The lowest BCUT2D eigenvalue weighted by atomic mass is 9.88.